The highest BCUT2D eigenvalue weighted by molar-refractivity contribution is 6.62. The van der Waals surface area contributed by atoms with Crippen LogP contribution < -0.4 is 0 Å². The third kappa shape index (κ3) is 6.02. The molecule has 0 spiro atoms. The first-order valence-electron chi connectivity index (χ1n) is 11.2. The Kier molecular flexibility index (Phi) is 11.9. The molecule has 3 nitrogen and oxygen atoms in total. The maximum Gasteiger partial charge on any atom is 0.510 e. The van der Waals surface area contributed by atoms with Crippen LogP contribution in [0.1, 0.15) is 47.0 Å². The molecule has 0 aliphatic heterocycles. The van der Waals surface area contributed by atoms with Gasteiger partial charge in [-0.15, -0.1) is 0 Å². The molecule has 0 radical (unpaired) electrons. The molecule has 40 heavy (non-hydrogen) atoms. The SMILES string of the molecule is CCCO[Si](OCCC)(OCCC)C(C)C(F)(F)C(F)(F)C(F)(F)C(F)(F)C(F)(F)C(F)(F)C(F)(F)C(F)(F)F. The second-order valence-electron chi connectivity index (χ2n) is 8.44. The first-order chi connectivity index (χ1) is 17.6. The predicted octanol–water partition coefficient (Wildman–Crippen LogP) is 8.60. The molecule has 0 heterocycles. The summed E-state index contributed by atoms with van der Waals surface area (Å²) in [4.78, 5) is 0. The second-order valence-corrected chi connectivity index (χ2v) is 11.4. The Labute approximate surface area is 217 Å². The van der Waals surface area contributed by atoms with Crippen LogP contribution in [0.4, 0.5) is 74.6 Å². The van der Waals surface area contributed by atoms with Gasteiger partial charge in [-0.25, -0.2) is 0 Å². The molecule has 0 aromatic rings. The van der Waals surface area contributed by atoms with Gasteiger partial charge in [0.1, 0.15) is 0 Å². The van der Waals surface area contributed by atoms with Crippen LogP contribution in [0.25, 0.3) is 0 Å². The van der Waals surface area contributed by atoms with Crippen molar-refractivity contribution in [2.24, 2.45) is 0 Å². The van der Waals surface area contributed by atoms with Crippen LogP contribution >= 0.6 is 0 Å². The molecule has 0 aliphatic carbocycles. The maximum atomic E-state index is 15.0. The largest absolute Gasteiger partial charge is 0.510 e. The van der Waals surface area contributed by atoms with Crippen LogP contribution in [0.5, 0.6) is 0 Å². The molecule has 1 atom stereocenters. The van der Waals surface area contributed by atoms with E-state index in [0.717, 1.165) is 0 Å². The van der Waals surface area contributed by atoms with Gasteiger partial charge in [0, 0.05) is 19.8 Å². The molecule has 0 N–H and O–H groups in total. The van der Waals surface area contributed by atoms with Crippen molar-refractivity contribution in [1.29, 1.82) is 0 Å². The molecule has 21 heteroatoms. The minimum absolute atomic E-state index is 0.0557. The van der Waals surface area contributed by atoms with Crippen LogP contribution in [0, 0.1) is 0 Å². The molecular formula is C19H25F17O3Si. The maximum absolute atomic E-state index is 15.0. The van der Waals surface area contributed by atoms with E-state index in [2.05, 4.69) is 0 Å². The molecule has 0 aromatic carbocycles. The first kappa shape index (κ1) is 38.9. The lowest BCUT2D eigenvalue weighted by atomic mass is 9.88. The van der Waals surface area contributed by atoms with Crippen LogP contribution in [0.3, 0.4) is 0 Å². The number of hydrogen-bond acceptors (Lipinski definition) is 3. The van der Waals surface area contributed by atoms with E-state index in [1.165, 1.54) is 20.8 Å². The Morgan fingerprint density at radius 3 is 0.950 bits per heavy atom. The van der Waals surface area contributed by atoms with Gasteiger partial charge in [-0.05, 0) is 19.3 Å². The van der Waals surface area contributed by atoms with Gasteiger partial charge in [0.2, 0.25) is 0 Å². The summed E-state index contributed by atoms with van der Waals surface area (Å²) in [6.45, 7) is 1.98. The molecule has 0 aliphatic rings. The van der Waals surface area contributed by atoms with E-state index >= 15 is 0 Å². The van der Waals surface area contributed by atoms with E-state index in [1.807, 2.05) is 0 Å². The minimum atomic E-state index is -8.68. The van der Waals surface area contributed by atoms with E-state index < -0.39 is 81.8 Å². The second kappa shape index (κ2) is 12.3. The van der Waals surface area contributed by atoms with Crippen LogP contribution in [-0.2, 0) is 13.3 Å². The standard InChI is InChI=1S/C19H25F17O3Si/c1-5-8-37-40(38-9-6-2,39-10-7-3)11(4)12(20,21)13(22,23)14(24,25)15(26,27)16(28,29)17(30,31)18(32,33)19(34,35)36/h11H,5-10H2,1-4H3. The molecule has 242 valence electrons. The van der Waals surface area contributed by atoms with Crippen molar-refractivity contribution < 1.29 is 87.9 Å². The Morgan fingerprint density at radius 1 is 0.450 bits per heavy atom. The molecule has 0 aromatic heterocycles. The van der Waals surface area contributed by atoms with E-state index in [4.69, 9.17) is 13.3 Å². The Balaban J connectivity index is 7.09. The zero-order valence-corrected chi connectivity index (χ0v) is 22.0. The summed E-state index contributed by atoms with van der Waals surface area (Å²) < 4.78 is 248. The number of hydrogen-bond donors (Lipinski definition) is 0. The zero-order valence-electron chi connectivity index (χ0n) is 21.0. The van der Waals surface area contributed by atoms with E-state index in [0.29, 0.717) is 0 Å². The molecule has 0 saturated carbocycles. The molecule has 1 unspecified atom stereocenters. The van der Waals surface area contributed by atoms with Crippen LogP contribution in [-0.4, -0.2) is 76.3 Å². The molecule has 0 saturated heterocycles. The molecular weight excluding hydrogens is 627 g/mol. The van der Waals surface area contributed by atoms with Crippen molar-refractivity contribution >= 4 is 8.80 Å². The highest BCUT2D eigenvalue weighted by Crippen LogP contribution is 2.65. The Bertz CT molecular complexity index is 795. The van der Waals surface area contributed by atoms with Gasteiger partial charge >= 0.3 is 56.4 Å². The fourth-order valence-electron chi connectivity index (χ4n) is 2.90. The number of alkyl halides is 17. The third-order valence-corrected chi connectivity index (χ3v) is 8.59. The quantitative estimate of drug-likeness (QED) is 0.116. The summed E-state index contributed by atoms with van der Waals surface area (Å²) in [6.07, 6.45) is -8.06. The lowest BCUT2D eigenvalue weighted by molar-refractivity contribution is -0.462. The van der Waals surface area contributed by atoms with Gasteiger partial charge in [0.05, 0.1) is 5.54 Å². The Morgan fingerprint density at radius 2 is 0.700 bits per heavy atom. The molecule has 0 amide bonds. The topological polar surface area (TPSA) is 27.7 Å². The summed E-state index contributed by atoms with van der Waals surface area (Å²) in [7, 11) is -5.39. The van der Waals surface area contributed by atoms with Crippen molar-refractivity contribution in [3.8, 4) is 0 Å². The predicted molar refractivity (Wildman–Crippen MR) is 105 cm³/mol. The molecule has 0 bridgehead atoms. The first-order valence-corrected chi connectivity index (χ1v) is 13.0. The van der Waals surface area contributed by atoms with Crippen molar-refractivity contribution in [2.45, 2.75) is 100 Å². The van der Waals surface area contributed by atoms with Crippen molar-refractivity contribution in [3.05, 3.63) is 0 Å². The van der Waals surface area contributed by atoms with E-state index in [1.54, 1.807) is 0 Å². The van der Waals surface area contributed by atoms with Gasteiger partial charge in [-0.3, -0.25) is 0 Å². The van der Waals surface area contributed by atoms with Crippen molar-refractivity contribution in [3.63, 3.8) is 0 Å². The summed E-state index contributed by atoms with van der Waals surface area (Å²) >= 11 is 0. The Hall–Kier alpha value is -1.09. The zero-order chi connectivity index (χ0) is 32.4. The summed E-state index contributed by atoms with van der Waals surface area (Å²) in [5.41, 5.74) is -3.52. The van der Waals surface area contributed by atoms with Crippen molar-refractivity contribution in [2.75, 3.05) is 19.8 Å². The monoisotopic (exact) mass is 652 g/mol. The normalized spacial score (nSPS) is 16.4. The fourth-order valence-corrected chi connectivity index (χ4v) is 5.99. The van der Waals surface area contributed by atoms with Gasteiger partial charge in [0.25, 0.3) is 0 Å². The van der Waals surface area contributed by atoms with Crippen molar-refractivity contribution in [1.82, 2.24) is 0 Å². The van der Waals surface area contributed by atoms with Gasteiger partial charge in [0.15, 0.2) is 0 Å². The van der Waals surface area contributed by atoms with Gasteiger partial charge in [-0.2, -0.15) is 74.6 Å². The molecule has 0 rings (SSSR count). The van der Waals surface area contributed by atoms with Gasteiger partial charge in [-0.1, -0.05) is 27.7 Å². The van der Waals surface area contributed by atoms with Crippen LogP contribution in [0.2, 0.25) is 5.54 Å². The number of halogens is 17. The smallest absolute Gasteiger partial charge is 0.373 e. The third-order valence-electron chi connectivity index (χ3n) is 5.34. The highest BCUT2D eigenvalue weighted by Gasteiger charge is 2.95. The van der Waals surface area contributed by atoms with Crippen LogP contribution in [0.15, 0.2) is 0 Å². The lowest BCUT2D eigenvalue weighted by Crippen LogP contribution is -2.75. The minimum Gasteiger partial charge on any atom is -0.373 e. The molecule has 0 fully saturated rings. The lowest BCUT2D eigenvalue weighted by Gasteiger charge is -2.45. The highest BCUT2D eigenvalue weighted by atomic mass is 28.4. The average Bonchev–Trinajstić information content (AvgIpc) is 2.81. The average molecular weight is 652 g/mol. The number of rotatable bonds is 17. The fraction of sp³-hybridized carbons (Fsp3) is 1.00. The summed E-state index contributed by atoms with van der Waals surface area (Å²) in [6, 6.07) is 0. The van der Waals surface area contributed by atoms with E-state index in [-0.39, 0.29) is 26.2 Å². The van der Waals surface area contributed by atoms with E-state index in [9.17, 15) is 74.6 Å². The summed E-state index contributed by atoms with van der Waals surface area (Å²) in [5, 5.41) is 0. The van der Waals surface area contributed by atoms with Gasteiger partial charge < -0.3 is 13.3 Å². The summed E-state index contributed by atoms with van der Waals surface area (Å²) in [5.74, 6) is -57.0.